The van der Waals surface area contributed by atoms with Gasteiger partial charge in [0.25, 0.3) is 0 Å². The quantitative estimate of drug-likeness (QED) is 0.873. The summed E-state index contributed by atoms with van der Waals surface area (Å²) in [5.74, 6) is 0. The van der Waals surface area contributed by atoms with Crippen molar-refractivity contribution in [2.45, 2.75) is 31.3 Å². The fourth-order valence-electron chi connectivity index (χ4n) is 3.16. The van der Waals surface area contributed by atoms with Crippen LogP contribution in [0.3, 0.4) is 0 Å². The highest BCUT2D eigenvalue weighted by Gasteiger charge is 2.25. The minimum atomic E-state index is 0.183. The lowest BCUT2D eigenvalue weighted by molar-refractivity contribution is 0.258. The Balaban J connectivity index is 1.79. The van der Waals surface area contributed by atoms with Crippen LogP contribution < -0.4 is 5.32 Å². The highest BCUT2D eigenvalue weighted by molar-refractivity contribution is 6.30. The monoisotopic (exact) mass is 301 g/mol. The van der Waals surface area contributed by atoms with E-state index >= 15 is 0 Å². The van der Waals surface area contributed by atoms with E-state index < -0.39 is 0 Å². The molecule has 0 bridgehead atoms. The van der Waals surface area contributed by atoms with Crippen LogP contribution >= 0.6 is 11.6 Å². The highest BCUT2D eigenvalue weighted by Crippen LogP contribution is 2.35. The SMILES string of the molecule is OCC[C@@H](NC1CCc2cc(Cl)ccc21)c1ccccc1. The maximum absolute atomic E-state index is 9.35. The van der Waals surface area contributed by atoms with Crippen LogP contribution in [0.1, 0.15) is 41.6 Å². The smallest absolute Gasteiger partial charge is 0.0449 e. The summed E-state index contributed by atoms with van der Waals surface area (Å²) >= 11 is 6.07. The second-order valence-corrected chi connectivity index (χ2v) is 6.01. The van der Waals surface area contributed by atoms with Gasteiger partial charge in [-0.15, -0.1) is 0 Å². The van der Waals surface area contributed by atoms with Crippen LogP contribution in [-0.4, -0.2) is 11.7 Å². The molecule has 0 radical (unpaired) electrons. The number of halogens is 1. The first kappa shape index (κ1) is 14.6. The number of aryl methyl sites for hydroxylation is 1. The van der Waals surface area contributed by atoms with E-state index in [-0.39, 0.29) is 12.6 Å². The Morgan fingerprint density at radius 1 is 1.19 bits per heavy atom. The van der Waals surface area contributed by atoms with Crippen molar-refractivity contribution in [3.8, 4) is 0 Å². The summed E-state index contributed by atoms with van der Waals surface area (Å²) < 4.78 is 0. The second-order valence-electron chi connectivity index (χ2n) is 5.58. The minimum Gasteiger partial charge on any atom is -0.396 e. The minimum absolute atomic E-state index is 0.183. The van der Waals surface area contributed by atoms with Crippen LogP contribution in [-0.2, 0) is 6.42 Å². The van der Waals surface area contributed by atoms with Gasteiger partial charge in [-0.1, -0.05) is 48.0 Å². The maximum Gasteiger partial charge on any atom is 0.0449 e. The molecule has 3 rings (SSSR count). The lowest BCUT2D eigenvalue weighted by Gasteiger charge is -2.23. The number of hydrogen-bond acceptors (Lipinski definition) is 2. The zero-order valence-corrected chi connectivity index (χ0v) is 12.7. The summed E-state index contributed by atoms with van der Waals surface area (Å²) in [6, 6.07) is 17.0. The van der Waals surface area contributed by atoms with Gasteiger partial charge in [0.15, 0.2) is 0 Å². The van der Waals surface area contributed by atoms with Gasteiger partial charge < -0.3 is 10.4 Å². The third-order valence-electron chi connectivity index (χ3n) is 4.20. The number of aliphatic hydroxyl groups excluding tert-OH is 1. The van der Waals surface area contributed by atoms with Crippen LogP contribution in [0.2, 0.25) is 5.02 Å². The molecule has 0 aromatic heterocycles. The fraction of sp³-hybridized carbons (Fsp3) is 0.333. The number of rotatable bonds is 5. The van der Waals surface area contributed by atoms with E-state index in [2.05, 4.69) is 29.6 Å². The first-order valence-electron chi connectivity index (χ1n) is 7.48. The van der Waals surface area contributed by atoms with Gasteiger partial charge in [-0.05, 0) is 48.1 Å². The van der Waals surface area contributed by atoms with Gasteiger partial charge >= 0.3 is 0 Å². The Hall–Kier alpha value is -1.35. The molecule has 1 unspecified atom stereocenters. The normalized spacial score (nSPS) is 18.5. The van der Waals surface area contributed by atoms with E-state index in [4.69, 9.17) is 11.6 Å². The first-order chi connectivity index (χ1) is 10.3. The lowest BCUT2D eigenvalue weighted by atomic mass is 10.0. The van der Waals surface area contributed by atoms with E-state index in [1.54, 1.807) is 0 Å². The zero-order valence-electron chi connectivity index (χ0n) is 11.9. The molecule has 2 aromatic rings. The summed E-state index contributed by atoms with van der Waals surface area (Å²) in [6.07, 6.45) is 2.88. The number of fused-ring (bicyclic) bond motifs is 1. The molecule has 2 atom stereocenters. The summed E-state index contributed by atoms with van der Waals surface area (Å²) in [5, 5.41) is 13.9. The van der Waals surface area contributed by atoms with Crippen LogP contribution in [0.15, 0.2) is 48.5 Å². The average Bonchev–Trinajstić information content (AvgIpc) is 2.90. The van der Waals surface area contributed by atoms with Gasteiger partial charge in [0.1, 0.15) is 0 Å². The van der Waals surface area contributed by atoms with Crippen molar-refractivity contribution in [2.75, 3.05) is 6.61 Å². The van der Waals surface area contributed by atoms with Crippen molar-refractivity contribution in [3.05, 3.63) is 70.2 Å². The molecular formula is C18H20ClNO. The molecular weight excluding hydrogens is 282 g/mol. The standard InChI is InChI=1S/C18H20ClNO/c19-15-7-8-16-14(12-15)6-9-18(16)20-17(10-11-21)13-4-2-1-3-5-13/h1-5,7-8,12,17-18,20-21H,6,9-11H2/t17-,18?/m1/s1. The van der Waals surface area contributed by atoms with E-state index in [9.17, 15) is 5.11 Å². The topological polar surface area (TPSA) is 32.3 Å². The molecule has 2 aromatic carbocycles. The van der Waals surface area contributed by atoms with Gasteiger partial charge in [0.2, 0.25) is 0 Å². The molecule has 2 N–H and O–H groups in total. The molecule has 1 aliphatic rings. The van der Waals surface area contributed by atoms with Gasteiger partial charge in [-0.25, -0.2) is 0 Å². The molecule has 3 heteroatoms. The summed E-state index contributed by atoms with van der Waals surface area (Å²) in [5.41, 5.74) is 3.92. The Kier molecular flexibility index (Phi) is 4.59. The average molecular weight is 302 g/mol. The van der Waals surface area contributed by atoms with Crippen LogP contribution in [0.4, 0.5) is 0 Å². The molecule has 1 aliphatic carbocycles. The van der Waals surface area contributed by atoms with Crippen molar-refractivity contribution in [2.24, 2.45) is 0 Å². The van der Waals surface area contributed by atoms with Crippen molar-refractivity contribution in [1.29, 1.82) is 0 Å². The van der Waals surface area contributed by atoms with Gasteiger partial charge in [-0.3, -0.25) is 0 Å². The van der Waals surface area contributed by atoms with Crippen molar-refractivity contribution in [3.63, 3.8) is 0 Å². The van der Waals surface area contributed by atoms with Crippen molar-refractivity contribution >= 4 is 11.6 Å². The predicted molar refractivity (Wildman–Crippen MR) is 86.5 cm³/mol. The van der Waals surface area contributed by atoms with E-state index in [0.29, 0.717) is 6.04 Å². The summed E-state index contributed by atoms with van der Waals surface area (Å²) in [6.45, 7) is 0.187. The third-order valence-corrected chi connectivity index (χ3v) is 4.44. The lowest BCUT2D eigenvalue weighted by Crippen LogP contribution is -2.26. The Morgan fingerprint density at radius 3 is 2.76 bits per heavy atom. The largest absolute Gasteiger partial charge is 0.396 e. The summed E-state index contributed by atoms with van der Waals surface area (Å²) in [7, 11) is 0. The highest BCUT2D eigenvalue weighted by atomic mass is 35.5. The Morgan fingerprint density at radius 2 is 2.00 bits per heavy atom. The molecule has 0 saturated carbocycles. The predicted octanol–water partition coefficient (Wildman–Crippen LogP) is 4.04. The molecule has 21 heavy (non-hydrogen) atoms. The molecule has 2 nitrogen and oxygen atoms in total. The number of aliphatic hydroxyl groups is 1. The molecule has 0 fully saturated rings. The first-order valence-corrected chi connectivity index (χ1v) is 7.86. The second kappa shape index (κ2) is 6.61. The molecule has 0 aliphatic heterocycles. The molecule has 0 heterocycles. The molecule has 0 amide bonds. The van der Waals surface area contributed by atoms with Gasteiger partial charge in [-0.2, -0.15) is 0 Å². The Labute approximate surface area is 130 Å². The van der Waals surface area contributed by atoms with Crippen LogP contribution in [0.25, 0.3) is 0 Å². The van der Waals surface area contributed by atoms with Crippen molar-refractivity contribution < 1.29 is 5.11 Å². The molecule has 0 saturated heterocycles. The number of nitrogens with one attached hydrogen (secondary N) is 1. The maximum atomic E-state index is 9.35. The van der Waals surface area contributed by atoms with Gasteiger partial charge in [0, 0.05) is 23.7 Å². The van der Waals surface area contributed by atoms with E-state index in [1.807, 2.05) is 24.3 Å². The summed E-state index contributed by atoms with van der Waals surface area (Å²) in [4.78, 5) is 0. The molecule has 0 spiro atoms. The zero-order chi connectivity index (χ0) is 14.7. The molecule has 110 valence electrons. The number of hydrogen-bond donors (Lipinski definition) is 2. The van der Waals surface area contributed by atoms with Gasteiger partial charge in [0.05, 0.1) is 0 Å². The van der Waals surface area contributed by atoms with Crippen LogP contribution in [0.5, 0.6) is 0 Å². The van der Waals surface area contributed by atoms with Crippen molar-refractivity contribution in [1.82, 2.24) is 5.32 Å². The third kappa shape index (κ3) is 3.29. The van der Waals surface area contributed by atoms with Crippen LogP contribution in [0, 0.1) is 0 Å². The van der Waals surface area contributed by atoms with E-state index in [0.717, 1.165) is 24.3 Å². The fourth-order valence-corrected chi connectivity index (χ4v) is 3.36. The Bertz CT molecular complexity index is 599. The van der Waals surface area contributed by atoms with E-state index in [1.165, 1.54) is 16.7 Å². The number of benzene rings is 2.